The first kappa shape index (κ1) is 15.0. The predicted molar refractivity (Wildman–Crippen MR) is 78.3 cm³/mol. The second-order valence-electron chi connectivity index (χ2n) is 6.50. The van der Waals surface area contributed by atoms with Crippen LogP contribution >= 0.6 is 0 Å². The van der Waals surface area contributed by atoms with Crippen molar-refractivity contribution >= 4 is 0 Å². The van der Waals surface area contributed by atoms with Gasteiger partial charge < -0.3 is 10.5 Å². The lowest BCUT2D eigenvalue weighted by molar-refractivity contribution is 0.116. The first-order valence-corrected chi connectivity index (χ1v) is 6.72. The van der Waals surface area contributed by atoms with E-state index in [9.17, 15) is 0 Å². The van der Waals surface area contributed by atoms with E-state index in [4.69, 9.17) is 10.5 Å². The summed E-state index contributed by atoms with van der Waals surface area (Å²) < 4.78 is 6.08. The third kappa shape index (κ3) is 3.74. The Hall–Kier alpha value is -1.02. The van der Waals surface area contributed by atoms with Gasteiger partial charge in [0.1, 0.15) is 11.4 Å². The first-order chi connectivity index (χ1) is 8.19. The van der Waals surface area contributed by atoms with Crippen LogP contribution in [0.2, 0.25) is 0 Å². The van der Waals surface area contributed by atoms with E-state index in [1.54, 1.807) is 0 Å². The van der Waals surface area contributed by atoms with Gasteiger partial charge in [0.15, 0.2) is 0 Å². The lowest BCUT2D eigenvalue weighted by Gasteiger charge is -2.30. The summed E-state index contributed by atoms with van der Waals surface area (Å²) in [6.07, 6.45) is 1.05. The molecule has 0 fully saturated rings. The van der Waals surface area contributed by atoms with Gasteiger partial charge in [-0.25, -0.2) is 0 Å². The van der Waals surface area contributed by atoms with Crippen LogP contribution in [-0.4, -0.2) is 12.1 Å². The average molecular weight is 249 g/mol. The number of rotatable bonds is 4. The summed E-state index contributed by atoms with van der Waals surface area (Å²) in [5.41, 5.74) is 8.09. The topological polar surface area (TPSA) is 35.2 Å². The van der Waals surface area contributed by atoms with Crippen molar-refractivity contribution in [1.29, 1.82) is 0 Å². The lowest BCUT2D eigenvalue weighted by atomic mass is 9.85. The maximum absolute atomic E-state index is 6.08. The van der Waals surface area contributed by atoms with Gasteiger partial charge in [-0.3, -0.25) is 0 Å². The van der Waals surface area contributed by atoms with Crippen LogP contribution in [0, 0.1) is 0 Å². The summed E-state index contributed by atoms with van der Waals surface area (Å²) in [6.45, 7) is 13.4. The fourth-order valence-electron chi connectivity index (χ4n) is 1.81. The van der Waals surface area contributed by atoms with Crippen molar-refractivity contribution in [1.82, 2.24) is 0 Å². The summed E-state index contributed by atoms with van der Waals surface area (Å²) in [7, 11) is 0. The Morgan fingerprint density at radius 1 is 1.11 bits per heavy atom. The quantitative estimate of drug-likeness (QED) is 0.883. The van der Waals surface area contributed by atoms with Crippen LogP contribution in [0.5, 0.6) is 5.75 Å². The number of hydrogen-bond acceptors (Lipinski definition) is 2. The number of aryl methyl sites for hydroxylation is 1. The molecule has 0 aromatic heterocycles. The Bertz CT molecular complexity index is 402. The molecule has 0 amide bonds. The largest absolute Gasteiger partial charge is 0.486 e. The van der Waals surface area contributed by atoms with Crippen molar-refractivity contribution in [2.45, 2.75) is 59.0 Å². The Labute approximate surface area is 112 Å². The molecule has 0 spiro atoms. The minimum atomic E-state index is -0.326. The zero-order valence-electron chi connectivity index (χ0n) is 12.6. The molecular weight excluding hydrogens is 222 g/mol. The van der Waals surface area contributed by atoms with Crippen LogP contribution in [0.25, 0.3) is 0 Å². The Morgan fingerprint density at radius 2 is 1.72 bits per heavy atom. The molecule has 1 aromatic carbocycles. The molecule has 0 saturated heterocycles. The molecule has 18 heavy (non-hydrogen) atoms. The molecule has 0 bridgehead atoms. The molecule has 1 aromatic rings. The van der Waals surface area contributed by atoms with Crippen LogP contribution in [0.15, 0.2) is 18.2 Å². The lowest BCUT2D eigenvalue weighted by Crippen LogP contribution is -2.37. The second-order valence-corrected chi connectivity index (χ2v) is 6.50. The fourth-order valence-corrected chi connectivity index (χ4v) is 1.81. The molecule has 1 rings (SSSR count). The highest BCUT2D eigenvalue weighted by Gasteiger charge is 2.24. The molecule has 0 radical (unpaired) electrons. The van der Waals surface area contributed by atoms with Gasteiger partial charge in [0.2, 0.25) is 0 Å². The minimum absolute atomic E-state index is 0.0746. The maximum Gasteiger partial charge on any atom is 0.123 e. The predicted octanol–water partition coefficient (Wildman–Crippen LogP) is 3.66. The molecular formula is C16H27NO. The summed E-state index contributed by atoms with van der Waals surface area (Å²) in [6, 6.07) is 6.47. The summed E-state index contributed by atoms with van der Waals surface area (Å²) in [5.74, 6) is 0.954. The van der Waals surface area contributed by atoms with E-state index in [0.29, 0.717) is 6.54 Å². The van der Waals surface area contributed by atoms with E-state index in [1.165, 1.54) is 11.1 Å². The molecule has 0 unspecified atom stereocenters. The van der Waals surface area contributed by atoms with Crippen molar-refractivity contribution in [2.24, 2.45) is 5.73 Å². The van der Waals surface area contributed by atoms with Gasteiger partial charge in [-0.05, 0) is 42.9 Å². The summed E-state index contributed by atoms with van der Waals surface area (Å²) >= 11 is 0. The van der Waals surface area contributed by atoms with Crippen LogP contribution in [0.4, 0.5) is 0 Å². The van der Waals surface area contributed by atoms with E-state index in [-0.39, 0.29) is 11.0 Å². The van der Waals surface area contributed by atoms with Gasteiger partial charge >= 0.3 is 0 Å². The molecule has 0 aliphatic carbocycles. The monoisotopic (exact) mass is 249 g/mol. The Balaban J connectivity index is 3.19. The Kier molecular flexibility index (Phi) is 4.44. The molecule has 0 saturated carbocycles. The normalized spacial score (nSPS) is 12.6. The molecule has 2 heteroatoms. The van der Waals surface area contributed by atoms with Crippen molar-refractivity contribution in [3.05, 3.63) is 29.3 Å². The molecule has 0 atom stereocenters. The molecule has 102 valence electrons. The van der Waals surface area contributed by atoms with Crippen molar-refractivity contribution in [2.75, 3.05) is 6.54 Å². The third-order valence-corrected chi connectivity index (χ3v) is 3.14. The highest BCUT2D eigenvalue weighted by atomic mass is 16.5. The molecule has 0 aliphatic heterocycles. The smallest absolute Gasteiger partial charge is 0.123 e. The van der Waals surface area contributed by atoms with Gasteiger partial charge in [0, 0.05) is 6.54 Å². The standard InChI is InChI=1S/C16H27NO/c1-7-12-8-9-14(18-16(5,6)11-17)13(10-12)15(2,3)4/h8-10H,7,11,17H2,1-6H3. The van der Waals surface area contributed by atoms with Gasteiger partial charge in [0.05, 0.1) is 0 Å². The van der Waals surface area contributed by atoms with E-state index < -0.39 is 0 Å². The van der Waals surface area contributed by atoms with E-state index in [0.717, 1.165) is 12.2 Å². The fraction of sp³-hybridized carbons (Fsp3) is 0.625. The van der Waals surface area contributed by atoms with E-state index in [2.05, 4.69) is 45.9 Å². The van der Waals surface area contributed by atoms with Gasteiger partial charge in [-0.15, -0.1) is 0 Å². The van der Waals surface area contributed by atoms with Gasteiger partial charge in [-0.2, -0.15) is 0 Å². The minimum Gasteiger partial charge on any atom is -0.486 e. The number of hydrogen-bond donors (Lipinski definition) is 1. The van der Waals surface area contributed by atoms with Gasteiger partial charge in [0.25, 0.3) is 0 Å². The average Bonchev–Trinajstić information content (AvgIpc) is 2.27. The van der Waals surface area contributed by atoms with E-state index in [1.807, 2.05) is 13.8 Å². The first-order valence-electron chi connectivity index (χ1n) is 6.72. The van der Waals surface area contributed by atoms with Crippen molar-refractivity contribution < 1.29 is 4.74 Å². The highest BCUT2D eigenvalue weighted by molar-refractivity contribution is 5.42. The zero-order chi connectivity index (χ0) is 14.0. The van der Waals surface area contributed by atoms with Crippen molar-refractivity contribution in [3.8, 4) is 5.75 Å². The molecule has 0 heterocycles. The Morgan fingerprint density at radius 3 is 2.17 bits per heavy atom. The molecule has 2 N–H and O–H groups in total. The number of nitrogens with two attached hydrogens (primary N) is 1. The zero-order valence-corrected chi connectivity index (χ0v) is 12.6. The third-order valence-electron chi connectivity index (χ3n) is 3.14. The summed E-state index contributed by atoms with van der Waals surface area (Å²) in [4.78, 5) is 0. The van der Waals surface area contributed by atoms with Crippen molar-refractivity contribution in [3.63, 3.8) is 0 Å². The summed E-state index contributed by atoms with van der Waals surface area (Å²) in [5, 5.41) is 0. The second kappa shape index (κ2) is 5.31. The number of ether oxygens (including phenoxy) is 1. The van der Waals surface area contributed by atoms with Crippen LogP contribution in [0.3, 0.4) is 0 Å². The van der Waals surface area contributed by atoms with E-state index >= 15 is 0 Å². The molecule has 2 nitrogen and oxygen atoms in total. The number of benzene rings is 1. The van der Waals surface area contributed by atoms with Crippen LogP contribution in [-0.2, 0) is 11.8 Å². The van der Waals surface area contributed by atoms with Crippen LogP contribution < -0.4 is 10.5 Å². The van der Waals surface area contributed by atoms with Gasteiger partial charge in [-0.1, -0.05) is 39.8 Å². The SMILES string of the molecule is CCc1ccc(OC(C)(C)CN)c(C(C)(C)C)c1. The van der Waals surface area contributed by atoms with Crippen LogP contribution in [0.1, 0.15) is 52.7 Å². The maximum atomic E-state index is 6.08. The molecule has 0 aliphatic rings. The highest BCUT2D eigenvalue weighted by Crippen LogP contribution is 2.34.